The Kier molecular flexibility index (Phi) is 4.71. The molecule has 7 heteroatoms. The average molecular weight is 347 g/mol. The lowest BCUT2D eigenvalue weighted by atomic mass is 10.1. The number of nitrogens with one attached hydrogen (secondary N) is 1. The zero-order chi connectivity index (χ0) is 17.2. The second-order valence-electron chi connectivity index (χ2n) is 6.02. The van der Waals surface area contributed by atoms with Gasteiger partial charge < -0.3 is 9.88 Å². The van der Waals surface area contributed by atoms with Crippen LogP contribution in [0.4, 0.5) is 0 Å². The van der Waals surface area contributed by atoms with E-state index in [1.165, 1.54) is 6.07 Å². The van der Waals surface area contributed by atoms with Crippen molar-refractivity contribution in [3.63, 3.8) is 0 Å². The number of hydrogen-bond donors (Lipinski definition) is 1. The quantitative estimate of drug-likeness (QED) is 0.894. The molecule has 0 unspecified atom stereocenters. The maximum atomic E-state index is 12.6. The Labute approximate surface area is 141 Å². The summed E-state index contributed by atoms with van der Waals surface area (Å²) >= 11 is 0. The van der Waals surface area contributed by atoms with Gasteiger partial charge in [-0.3, -0.25) is 4.79 Å². The highest BCUT2D eigenvalue weighted by Crippen LogP contribution is 2.19. The zero-order valence-electron chi connectivity index (χ0n) is 13.6. The summed E-state index contributed by atoms with van der Waals surface area (Å²) in [4.78, 5) is 17.0. The van der Waals surface area contributed by atoms with Gasteiger partial charge in [0.25, 0.3) is 5.91 Å². The van der Waals surface area contributed by atoms with Gasteiger partial charge in [0.05, 0.1) is 16.2 Å². The molecule has 2 aromatic rings. The van der Waals surface area contributed by atoms with Crippen molar-refractivity contribution < 1.29 is 13.2 Å². The molecule has 1 aliphatic heterocycles. The number of aryl methyl sites for hydroxylation is 1. The smallest absolute Gasteiger partial charge is 0.252 e. The van der Waals surface area contributed by atoms with E-state index in [1.807, 2.05) is 17.7 Å². The monoisotopic (exact) mass is 347 g/mol. The van der Waals surface area contributed by atoms with Crippen molar-refractivity contribution in [3.8, 4) is 0 Å². The van der Waals surface area contributed by atoms with E-state index in [0.29, 0.717) is 13.0 Å². The van der Waals surface area contributed by atoms with E-state index in [1.54, 1.807) is 24.4 Å². The van der Waals surface area contributed by atoms with Gasteiger partial charge >= 0.3 is 0 Å². The van der Waals surface area contributed by atoms with Crippen molar-refractivity contribution in [3.05, 3.63) is 48.0 Å². The Morgan fingerprint density at radius 2 is 2.17 bits per heavy atom. The topological polar surface area (TPSA) is 81.1 Å². The summed E-state index contributed by atoms with van der Waals surface area (Å²) in [6.45, 7) is 2.47. The second kappa shape index (κ2) is 6.76. The summed E-state index contributed by atoms with van der Waals surface area (Å²) in [5.74, 6) is 0.726. The van der Waals surface area contributed by atoms with Gasteiger partial charge in [-0.05, 0) is 25.0 Å². The largest absolute Gasteiger partial charge is 0.347 e. The highest BCUT2D eigenvalue weighted by Gasteiger charge is 2.25. The fraction of sp³-hybridized carbons (Fsp3) is 0.412. The normalized spacial score (nSPS) is 17.3. The van der Waals surface area contributed by atoms with Crippen molar-refractivity contribution in [2.45, 2.75) is 43.7 Å². The van der Waals surface area contributed by atoms with Crippen LogP contribution in [-0.2, 0) is 22.8 Å². The van der Waals surface area contributed by atoms with Crippen molar-refractivity contribution in [1.82, 2.24) is 14.9 Å². The first kappa shape index (κ1) is 16.7. The van der Waals surface area contributed by atoms with Crippen molar-refractivity contribution >= 4 is 15.7 Å². The van der Waals surface area contributed by atoms with E-state index >= 15 is 0 Å². The zero-order valence-corrected chi connectivity index (χ0v) is 14.4. The predicted octanol–water partition coefficient (Wildman–Crippen LogP) is 1.81. The maximum Gasteiger partial charge on any atom is 0.252 e. The molecule has 0 fully saturated rings. The minimum absolute atomic E-state index is 0.0267. The second-order valence-corrected chi connectivity index (χ2v) is 8.10. The molecule has 1 atom stereocenters. The first-order valence-electron chi connectivity index (χ1n) is 8.14. The molecule has 6 nitrogen and oxygen atoms in total. The lowest BCUT2D eigenvalue weighted by molar-refractivity contribution is 0.0924. The molecule has 3 rings (SSSR count). The molecule has 128 valence electrons. The Morgan fingerprint density at radius 3 is 2.96 bits per heavy atom. The van der Waals surface area contributed by atoms with Crippen LogP contribution in [0, 0.1) is 0 Å². The van der Waals surface area contributed by atoms with Gasteiger partial charge in [0.1, 0.15) is 5.82 Å². The summed E-state index contributed by atoms with van der Waals surface area (Å²) in [6, 6.07) is 6.39. The molecular weight excluding hydrogens is 326 g/mol. The molecule has 1 amide bonds. The Balaban J connectivity index is 1.79. The number of imidazole rings is 1. The van der Waals surface area contributed by atoms with E-state index in [-0.39, 0.29) is 28.2 Å². The summed E-state index contributed by atoms with van der Waals surface area (Å²) in [5, 5.41) is 2.97. The van der Waals surface area contributed by atoms with E-state index in [2.05, 4.69) is 10.3 Å². The van der Waals surface area contributed by atoms with Gasteiger partial charge in [0.15, 0.2) is 9.84 Å². The molecule has 1 aliphatic rings. The van der Waals surface area contributed by atoms with Crippen LogP contribution in [-0.4, -0.2) is 35.7 Å². The number of fused-ring (bicyclic) bond motifs is 1. The Hall–Kier alpha value is -2.15. The fourth-order valence-corrected chi connectivity index (χ4v) is 4.59. The molecule has 0 saturated carbocycles. The fourth-order valence-electron chi connectivity index (χ4n) is 3.05. The first-order chi connectivity index (χ1) is 11.5. The molecule has 1 aromatic carbocycles. The predicted molar refractivity (Wildman–Crippen MR) is 90.6 cm³/mol. The van der Waals surface area contributed by atoms with Crippen LogP contribution < -0.4 is 5.32 Å². The van der Waals surface area contributed by atoms with Crippen LogP contribution >= 0.6 is 0 Å². The molecule has 2 heterocycles. The lowest BCUT2D eigenvalue weighted by Gasteiger charge is -2.25. The van der Waals surface area contributed by atoms with E-state index in [9.17, 15) is 13.2 Å². The summed E-state index contributed by atoms with van der Waals surface area (Å²) < 4.78 is 26.8. The number of amides is 1. The third kappa shape index (κ3) is 3.36. The number of sulfone groups is 1. The molecule has 0 bridgehead atoms. The van der Waals surface area contributed by atoms with E-state index in [0.717, 1.165) is 18.7 Å². The van der Waals surface area contributed by atoms with Crippen LogP contribution in [0.5, 0.6) is 0 Å². The van der Waals surface area contributed by atoms with Gasteiger partial charge in [-0.15, -0.1) is 0 Å². The van der Waals surface area contributed by atoms with Crippen molar-refractivity contribution in [2.75, 3.05) is 5.75 Å². The van der Waals surface area contributed by atoms with E-state index in [4.69, 9.17) is 0 Å². The van der Waals surface area contributed by atoms with Crippen LogP contribution in [0.15, 0.2) is 41.6 Å². The minimum atomic E-state index is -3.44. The van der Waals surface area contributed by atoms with Gasteiger partial charge in [0, 0.05) is 31.4 Å². The minimum Gasteiger partial charge on any atom is -0.347 e. The highest BCUT2D eigenvalue weighted by molar-refractivity contribution is 7.91. The Morgan fingerprint density at radius 1 is 1.38 bits per heavy atom. The molecule has 1 aromatic heterocycles. The number of benzene rings is 1. The number of aromatic nitrogens is 2. The Bertz CT molecular complexity index is 842. The average Bonchev–Trinajstić information content (AvgIpc) is 3.02. The van der Waals surface area contributed by atoms with Gasteiger partial charge in [-0.1, -0.05) is 19.1 Å². The van der Waals surface area contributed by atoms with Gasteiger partial charge in [-0.25, -0.2) is 13.4 Å². The molecule has 0 spiro atoms. The third-order valence-electron chi connectivity index (χ3n) is 4.21. The molecule has 1 N–H and O–H groups in total. The van der Waals surface area contributed by atoms with Crippen LogP contribution in [0.25, 0.3) is 0 Å². The van der Waals surface area contributed by atoms with Gasteiger partial charge in [-0.2, -0.15) is 0 Å². The van der Waals surface area contributed by atoms with Crippen LogP contribution in [0.2, 0.25) is 0 Å². The van der Waals surface area contributed by atoms with Crippen molar-refractivity contribution in [1.29, 1.82) is 0 Å². The number of rotatable bonds is 5. The molecule has 24 heavy (non-hydrogen) atoms. The third-order valence-corrected chi connectivity index (χ3v) is 6.18. The van der Waals surface area contributed by atoms with E-state index < -0.39 is 9.84 Å². The summed E-state index contributed by atoms with van der Waals surface area (Å²) in [7, 11) is -3.44. The molecule has 0 aliphatic carbocycles. The molecular formula is C17H21N3O3S. The standard InChI is InChI=1S/C17H21N3O3S/c1-2-11-24(22,23)15-6-4-3-5-14(15)17(21)19-13-7-8-16-18-9-10-20(16)12-13/h3-6,9-10,13H,2,7-8,11-12H2,1H3,(H,19,21)/t13-/m0/s1. The summed E-state index contributed by atoms with van der Waals surface area (Å²) in [5.41, 5.74) is 0.224. The number of nitrogens with zero attached hydrogens (tertiary/aromatic N) is 2. The lowest BCUT2D eigenvalue weighted by Crippen LogP contribution is -2.41. The molecule has 0 radical (unpaired) electrons. The highest BCUT2D eigenvalue weighted by atomic mass is 32.2. The first-order valence-corrected chi connectivity index (χ1v) is 9.79. The van der Waals surface area contributed by atoms with Crippen LogP contribution in [0.1, 0.15) is 35.9 Å². The maximum absolute atomic E-state index is 12.6. The van der Waals surface area contributed by atoms with Crippen LogP contribution in [0.3, 0.4) is 0 Å². The number of carbonyl (C=O) groups excluding carboxylic acids is 1. The molecule has 0 saturated heterocycles. The number of hydrogen-bond acceptors (Lipinski definition) is 4. The van der Waals surface area contributed by atoms with Gasteiger partial charge in [0.2, 0.25) is 0 Å². The van der Waals surface area contributed by atoms with Crippen molar-refractivity contribution in [2.24, 2.45) is 0 Å². The number of carbonyl (C=O) groups is 1. The SMILES string of the molecule is CCCS(=O)(=O)c1ccccc1C(=O)N[C@H]1CCc2nccn2C1. The summed E-state index contributed by atoms with van der Waals surface area (Å²) in [6.07, 6.45) is 5.77.